The topological polar surface area (TPSA) is 83.8 Å². The van der Waals surface area contributed by atoms with E-state index in [1.54, 1.807) is 0 Å². The lowest BCUT2D eigenvalue weighted by molar-refractivity contribution is 0.0693. The first kappa shape index (κ1) is 12.2. The molecule has 0 aliphatic carbocycles. The summed E-state index contributed by atoms with van der Waals surface area (Å²) in [7, 11) is 1.50. The van der Waals surface area contributed by atoms with E-state index in [2.05, 4.69) is 0 Å². The van der Waals surface area contributed by atoms with Gasteiger partial charge in [-0.3, -0.25) is 4.79 Å². The Morgan fingerprint density at radius 2 is 2.19 bits per heavy atom. The summed E-state index contributed by atoms with van der Waals surface area (Å²) in [6.45, 7) is 0.342. The summed E-state index contributed by atoms with van der Waals surface area (Å²) in [4.78, 5) is 21.4. The first-order chi connectivity index (χ1) is 7.60. The quantitative estimate of drug-likeness (QED) is 0.731. The van der Waals surface area contributed by atoms with Crippen LogP contribution in [0.1, 0.15) is 26.3 Å². The molecule has 0 fully saturated rings. The molecule has 86 valence electrons. The van der Waals surface area contributed by atoms with Gasteiger partial charge in [-0.2, -0.15) is 0 Å². The Bertz CT molecular complexity index is 411. The first-order valence-electron chi connectivity index (χ1n) is 4.63. The Kier molecular flexibility index (Phi) is 4.02. The van der Waals surface area contributed by atoms with E-state index >= 15 is 0 Å². The summed E-state index contributed by atoms with van der Waals surface area (Å²) in [5.74, 6) is -1.57. The van der Waals surface area contributed by atoms with Crippen LogP contribution in [0.15, 0.2) is 12.1 Å². The molecule has 0 saturated carbocycles. The van der Waals surface area contributed by atoms with Crippen molar-refractivity contribution in [3.05, 3.63) is 28.8 Å². The van der Waals surface area contributed by atoms with Gasteiger partial charge in [0.1, 0.15) is 17.6 Å². The number of aldehydes is 1. The van der Waals surface area contributed by atoms with E-state index in [0.717, 1.165) is 6.07 Å². The average molecular weight is 224 g/mol. The largest absolute Gasteiger partial charge is 0.507 e. The fourth-order valence-electron chi connectivity index (χ4n) is 1.35. The number of methoxy groups -OCH3 is 1. The van der Waals surface area contributed by atoms with Crippen LogP contribution < -0.4 is 0 Å². The number of phenols is 1. The number of benzene rings is 1. The van der Waals surface area contributed by atoms with Gasteiger partial charge < -0.3 is 14.9 Å². The second-order valence-electron chi connectivity index (χ2n) is 3.24. The van der Waals surface area contributed by atoms with Crippen LogP contribution in [-0.4, -0.2) is 36.2 Å². The lowest BCUT2D eigenvalue weighted by Gasteiger charge is -2.08. The number of hydrogen-bond donors (Lipinski definition) is 2. The molecule has 0 amide bonds. The van der Waals surface area contributed by atoms with Crippen molar-refractivity contribution in [2.75, 3.05) is 13.7 Å². The summed E-state index contributed by atoms with van der Waals surface area (Å²) < 4.78 is 4.83. The summed E-state index contributed by atoms with van der Waals surface area (Å²) >= 11 is 0. The predicted octanol–water partition coefficient (Wildman–Crippen LogP) is 1.09. The molecule has 0 aliphatic rings. The molecule has 1 rings (SSSR count). The average Bonchev–Trinajstić information content (AvgIpc) is 2.27. The minimum absolute atomic E-state index is 0.223. The highest BCUT2D eigenvalue weighted by atomic mass is 16.5. The third kappa shape index (κ3) is 2.58. The second-order valence-corrected chi connectivity index (χ2v) is 3.24. The Hall–Kier alpha value is -1.88. The van der Waals surface area contributed by atoms with Crippen LogP contribution in [0, 0.1) is 0 Å². The molecule has 1 aromatic rings. The van der Waals surface area contributed by atoms with Crippen molar-refractivity contribution in [2.24, 2.45) is 0 Å². The second kappa shape index (κ2) is 5.27. The lowest BCUT2D eigenvalue weighted by Crippen LogP contribution is -2.03. The van der Waals surface area contributed by atoms with Crippen molar-refractivity contribution in [1.29, 1.82) is 0 Å². The fraction of sp³-hybridized carbons (Fsp3) is 0.273. The molecule has 1 aromatic carbocycles. The first-order valence-corrected chi connectivity index (χ1v) is 4.63. The van der Waals surface area contributed by atoms with Gasteiger partial charge in [0.25, 0.3) is 0 Å². The molecule has 0 saturated heterocycles. The third-order valence-corrected chi connectivity index (χ3v) is 2.15. The molecule has 5 heteroatoms. The zero-order valence-corrected chi connectivity index (χ0v) is 8.77. The zero-order chi connectivity index (χ0) is 12.1. The molecule has 0 spiro atoms. The normalized spacial score (nSPS) is 10.1. The van der Waals surface area contributed by atoms with Crippen molar-refractivity contribution >= 4 is 12.3 Å². The molecule has 0 aliphatic heterocycles. The van der Waals surface area contributed by atoms with E-state index in [4.69, 9.17) is 9.84 Å². The molecular weight excluding hydrogens is 212 g/mol. The number of ether oxygens (including phenoxy) is 1. The number of carbonyl (C=O) groups excluding carboxylic acids is 1. The summed E-state index contributed by atoms with van der Waals surface area (Å²) in [6, 6.07) is 2.59. The highest BCUT2D eigenvalue weighted by Gasteiger charge is 2.15. The van der Waals surface area contributed by atoms with Gasteiger partial charge in [0.2, 0.25) is 0 Å². The number of carboxylic acids is 1. The number of hydrogen-bond acceptors (Lipinski definition) is 4. The van der Waals surface area contributed by atoms with Crippen LogP contribution in [0.3, 0.4) is 0 Å². The number of rotatable bonds is 5. The standard InChI is InChI=1S/C11H12O5/c1-16-3-2-8-4-7(6-12)5-9(10(8)13)11(14)15/h4-6,13H,2-3H2,1H3,(H,14,15). The van der Waals surface area contributed by atoms with Gasteiger partial charge >= 0.3 is 5.97 Å². The van der Waals surface area contributed by atoms with Crippen LogP contribution >= 0.6 is 0 Å². The molecule has 0 aromatic heterocycles. The Balaban J connectivity index is 3.20. The highest BCUT2D eigenvalue weighted by Crippen LogP contribution is 2.24. The molecular formula is C11H12O5. The van der Waals surface area contributed by atoms with E-state index in [-0.39, 0.29) is 16.9 Å². The van der Waals surface area contributed by atoms with Crippen LogP contribution in [0.5, 0.6) is 5.75 Å². The van der Waals surface area contributed by atoms with Crippen LogP contribution in [0.4, 0.5) is 0 Å². The van der Waals surface area contributed by atoms with Crippen LogP contribution in [0.25, 0.3) is 0 Å². The van der Waals surface area contributed by atoms with E-state index in [0.29, 0.717) is 24.9 Å². The Morgan fingerprint density at radius 3 is 2.69 bits per heavy atom. The predicted molar refractivity (Wildman–Crippen MR) is 56.0 cm³/mol. The summed E-state index contributed by atoms with van der Waals surface area (Å²) in [5, 5.41) is 18.5. The molecule has 0 heterocycles. The number of carboxylic acid groups (broad SMARTS) is 1. The van der Waals surface area contributed by atoms with Crippen molar-refractivity contribution in [2.45, 2.75) is 6.42 Å². The maximum atomic E-state index is 10.8. The monoisotopic (exact) mass is 224 g/mol. The van der Waals surface area contributed by atoms with Gasteiger partial charge in [0, 0.05) is 12.7 Å². The van der Waals surface area contributed by atoms with E-state index in [1.165, 1.54) is 13.2 Å². The molecule has 0 unspecified atom stereocenters. The zero-order valence-electron chi connectivity index (χ0n) is 8.77. The molecule has 0 radical (unpaired) electrons. The molecule has 16 heavy (non-hydrogen) atoms. The molecule has 0 bridgehead atoms. The van der Waals surface area contributed by atoms with Gasteiger partial charge in [0.05, 0.1) is 6.61 Å². The van der Waals surface area contributed by atoms with Crippen molar-refractivity contribution < 1.29 is 24.5 Å². The lowest BCUT2D eigenvalue weighted by atomic mass is 10.0. The SMILES string of the molecule is COCCc1cc(C=O)cc(C(=O)O)c1O. The smallest absolute Gasteiger partial charge is 0.339 e. The van der Waals surface area contributed by atoms with Gasteiger partial charge in [-0.15, -0.1) is 0 Å². The van der Waals surface area contributed by atoms with Crippen molar-refractivity contribution in [3.8, 4) is 5.75 Å². The van der Waals surface area contributed by atoms with Crippen molar-refractivity contribution in [3.63, 3.8) is 0 Å². The minimum atomic E-state index is -1.26. The van der Waals surface area contributed by atoms with Gasteiger partial charge in [0.15, 0.2) is 0 Å². The highest BCUT2D eigenvalue weighted by molar-refractivity contribution is 5.93. The molecule has 2 N–H and O–H groups in total. The van der Waals surface area contributed by atoms with Gasteiger partial charge in [-0.05, 0) is 24.1 Å². The molecule has 0 atom stereocenters. The van der Waals surface area contributed by atoms with Crippen LogP contribution in [0.2, 0.25) is 0 Å². The Morgan fingerprint density at radius 1 is 1.50 bits per heavy atom. The van der Waals surface area contributed by atoms with Crippen molar-refractivity contribution in [1.82, 2.24) is 0 Å². The Labute approximate surface area is 92.3 Å². The van der Waals surface area contributed by atoms with Gasteiger partial charge in [-0.25, -0.2) is 4.79 Å². The minimum Gasteiger partial charge on any atom is -0.507 e. The number of aromatic hydroxyl groups is 1. The van der Waals surface area contributed by atoms with Crippen LogP contribution in [-0.2, 0) is 11.2 Å². The maximum Gasteiger partial charge on any atom is 0.339 e. The van der Waals surface area contributed by atoms with E-state index < -0.39 is 5.97 Å². The number of carbonyl (C=O) groups is 2. The van der Waals surface area contributed by atoms with Gasteiger partial charge in [-0.1, -0.05) is 0 Å². The van der Waals surface area contributed by atoms with E-state index in [9.17, 15) is 14.7 Å². The fourth-order valence-corrected chi connectivity index (χ4v) is 1.35. The summed E-state index contributed by atoms with van der Waals surface area (Å²) in [6.07, 6.45) is 0.895. The van der Waals surface area contributed by atoms with E-state index in [1.807, 2.05) is 0 Å². The molecule has 5 nitrogen and oxygen atoms in total. The summed E-state index contributed by atoms with van der Waals surface area (Å²) in [5.41, 5.74) is 0.348. The maximum absolute atomic E-state index is 10.8. The third-order valence-electron chi connectivity index (χ3n) is 2.15. The number of aromatic carboxylic acids is 1.